The number of aliphatic hydroxyl groups excluding tert-OH is 1. The van der Waals surface area contributed by atoms with E-state index >= 15 is 0 Å². The number of fused-ring (bicyclic) bond motifs is 1. The van der Waals surface area contributed by atoms with Crippen LogP contribution in [0.3, 0.4) is 0 Å². The summed E-state index contributed by atoms with van der Waals surface area (Å²) in [5, 5.41) is 16.3. The van der Waals surface area contributed by atoms with Gasteiger partial charge in [0, 0.05) is 12.2 Å². The summed E-state index contributed by atoms with van der Waals surface area (Å²) in [7, 11) is 0. The molecule has 3 N–H and O–H groups in total. The first-order valence-electron chi connectivity index (χ1n) is 13.4. The minimum atomic E-state index is -1.11. The molecule has 1 spiro atoms. The fraction of sp³-hybridized carbons (Fsp3) is 0.679. The Kier molecular flexibility index (Phi) is 7.49. The number of amides is 3. The molecule has 4 rings (SSSR count). The molecule has 0 radical (unpaired) electrons. The fourth-order valence-electron chi connectivity index (χ4n) is 6.78. The maximum absolute atomic E-state index is 14.2. The lowest BCUT2D eigenvalue weighted by Crippen LogP contribution is -2.59. The molecule has 0 aromatic heterocycles. The van der Waals surface area contributed by atoms with E-state index in [9.17, 15) is 19.5 Å². The molecule has 1 aromatic rings. The van der Waals surface area contributed by atoms with Crippen LogP contribution in [0.5, 0.6) is 0 Å². The lowest BCUT2D eigenvalue weighted by atomic mass is 9.62. The highest BCUT2D eigenvalue weighted by molar-refractivity contribution is 6.02. The molecule has 1 aromatic carbocycles. The second kappa shape index (κ2) is 10.1. The summed E-state index contributed by atoms with van der Waals surface area (Å²) in [6, 6.07) is 7.73. The Labute approximate surface area is 214 Å². The van der Waals surface area contributed by atoms with Gasteiger partial charge in [-0.3, -0.25) is 14.4 Å². The largest absolute Gasteiger partial charge is 0.394 e. The van der Waals surface area contributed by atoms with Crippen molar-refractivity contribution in [3.63, 3.8) is 0 Å². The van der Waals surface area contributed by atoms with Crippen molar-refractivity contribution in [3.8, 4) is 0 Å². The van der Waals surface area contributed by atoms with Gasteiger partial charge in [-0.05, 0) is 43.7 Å². The smallest absolute Gasteiger partial charge is 0.245 e. The van der Waals surface area contributed by atoms with Gasteiger partial charge in [-0.15, -0.1) is 0 Å². The van der Waals surface area contributed by atoms with Crippen LogP contribution in [0.1, 0.15) is 60.3 Å². The SMILES string of the molecule is CCCCCNC(=O)C1N([C@@H](CO)C(C)C)C(=O)[C@@H]2[C@H](C(=O)Nc3ccccc3)[C@@]3(C)OC12CC3C. The third-order valence-electron chi connectivity index (χ3n) is 8.72. The van der Waals surface area contributed by atoms with Crippen molar-refractivity contribution in [1.29, 1.82) is 0 Å². The van der Waals surface area contributed by atoms with Gasteiger partial charge in [-0.25, -0.2) is 0 Å². The van der Waals surface area contributed by atoms with Gasteiger partial charge in [0.25, 0.3) is 0 Å². The van der Waals surface area contributed by atoms with Gasteiger partial charge in [0.2, 0.25) is 17.7 Å². The molecule has 36 heavy (non-hydrogen) atoms. The number of carbonyl (C=O) groups excluding carboxylic acids is 3. The molecule has 198 valence electrons. The predicted molar refractivity (Wildman–Crippen MR) is 137 cm³/mol. The summed E-state index contributed by atoms with van der Waals surface area (Å²) in [5.41, 5.74) is -1.34. The molecular weight excluding hydrogens is 458 g/mol. The number of nitrogens with one attached hydrogen (secondary N) is 2. The summed E-state index contributed by atoms with van der Waals surface area (Å²) in [6.45, 7) is 10.1. The minimum Gasteiger partial charge on any atom is -0.394 e. The highest BCUT2D eigenvalue weighted by Gasteiger charge is 2.80. The molecule has 0 aliphatic carbocycles. The van der Waals surface area contributed by atoms with Crippen molar-refractivity contribution in [1.82, 2.24) is 10.2 Å². The molecule has 3 unspecified atom stereocenters. The normalized spacial score (nSPS) is 33.6. The average Bonchev–Trinajstić information content (AvgIpc) is 3.35. The Balaban J connectivity index is 1.74. The summed E-state index contributed by atoms with van der Waals surface area (Å²) in [4.78, 5) is 43.2. The van der Waals surface area contributed by atoms with Crippen LogP contribution in [0.4, 0.5) is 5.69 Å². The highest BCUT2D eigenvalue weighted by atomic mass is 16.5. The van der Waals surface area contributed by atoms with Crippen molar-refractivity contribution in [3.05, 3.63) is 30.3 Å². The van der Waals surface area contributed by atoms with Crippen LogP contribution in [0, 0.1) is 23.7 Å². The Morgan fingerprint density at radius 3 is 2.50 bits per heavy atom. The van der Waals surface area contributed by atoms with Crippen LogP contribution < -0.4 is 10.6 Å². The molecule has 2 bridgehead atoms. The Morgan fingerprint density at radius 1 is 1.19 bits per heavy atom. The van der Waals surface area contributed by atoms with Crippen LogP contribution in [-0.4, -0.2) is 64.2 Å². The Hall–Kier alpha value is -2.45. The second-order valence-corrected chi connectivity index (χ2v) is 11.3. The zero-order valence-corrected chi connectivity index (χ0v) is 22.1. The van der Waals surface area contributed by atoms with Crippen molar-refractivity contribution in [2.24, 2.45) is 23.7 Å². The number of hydrogen-bond acceptors (Lipinski definition) is 5. The number of ether oxygens (including phenoxy) is 1. The van der Waals surface area contributed by atoms with E-state index in [0.29, 0.717) is 18.7 Å². The monoisotopic (exact) mass is 499 g/mol. The van der Waals surface area contributed by atoms with E-state index in [2.05, 4.69) is 17.6 Å². The van der Waals surface area contributed by atoms with E-state index < -0.39 is 35.1 Å². The molecule has 3 aliphatic heterocycles. The Morgan fingerprint density at radius 2 is 1.89 bits per heavy atom. The molecule has 8 heteroatoms. The third kappa shape index (κ3) is 4.12. The summed E-state index contributed by atoms with van der Waals surface area (Å²) in [6.07, 6.45) is 3.39. The lowest BCUT2D eigenvalue weighted by molar-refractivity contribution is -0.151. The van der Waals surface area contributed by atoms with Gasteiger partial charge in [-0.2, -0.15) is 0 Å². The molecule has 3 fully saturated rings. The third-order valence-corrected chi connectivity index (χ3v) is 8.72. The van der Waals surface area contributed by atoms with Crippen molar-refractivity contribution >= 4 is 23.4 Å². The number of hydrogen-bond donors (Lipinski definition) is 3. The van der Waals surface area contributed by atoms with E-state index in [4.69, 9.17) is 4.74 Å². The molecule has 3 amide bonds. The van der Waals surface area contributed by atoms with Crippen LogP contribution in [0.15, 0.2) is 30.3 Å². The molecular formula is C28H41N3O5. The van der Waals surface area contributed by atoms with Gasteiger partial charge in [0.1, 0.15) is 11.6 Å². The van der Waals surface area contributed by atoms with Crippen molar-refractivity contribution in [2.75, 3.05) is 18.5 Å². The van der Waals surface area contributed by atoms with Crippen molar-refractivity contribution in [2.45, 2.75) is 83.6 Å². The number of nitrogens with zero attached hydrogens (tertiary/aromatic N) is 1. The first-order valence-corrected chi connectivity index (χ1v) is 13.4. The zero-order valence-electron chi connectivity index (χ0n) is 22.1. The topological polar surface area (TPSA) is 108 Å². The molecule has 7 atom stereocenters. The number of anilines is 1. The standard InChI is InChI=1S/C28H41N3O5/c1-6-7-11-14-29-25(34)23-28-15-18(4)27(5,36-28)21(24(33)30-19-12-9-8-10-13-19)22(28)26(35)31(23)20(16-32)17(2)3/h8-10,12-13,17-18,20-23,32H,6-7,11,14-16H2,1-5H3,(H,29,34)(H,30,33)/t18?,20-,21+,22-,23?,27-,28?/m0/s1. The van der Waals surface area contributed by atoms with Gasteiger partial charge in [-0.1, -0.05) is 58.7 Å². The Bertz CT molecular complexity index is 985. The molecule has 3 heterocycles. The van der Waals surface area contributed by atoms with Crippen LogP contribution >= 0.6 is 0 Å². The number of rotatable bonds is 10. The number of unbranched alkanes of at least 4 members (excludes halogenated alkanes) is 2. The van der Waals surface area contributed by atoms with Gasteiger partial charge < -0.3 is 25.4 Å². The van der Waals surface area contributed by atoms with E-state index in [1.54, 1.807) is 4.90 Å². The summed E-state index contributed by atoms with van der Waals surface area (Å²) >= 11 is 0. The van der Waals surface area contributed by atoms with E-state index in [0.717, 1.165) is 19.3 Å². The molecule has 3 aliphatic rings. The lowest BCUT2D eigenvalue weighted by Gasteiger charge is -2.38. The second-order valence-electron chi connectivity index (χ2n) is 11.3. The predicted octanol–water partition coefficient (Wildman–Crippen LogP) is 2.96. The van der Waals surface area contributed by atoms with Crippen LogP contribution in [0.2, 0.25) is 0 Å². The highest BCUT2D eigenvalue weighted by Crippen LogP contribution is 2.65. The summed E-state index contributed by atoms with van der Waals surface area (Å²) in [5.74, 6) is -2.46. The molecule has 8 nitrogen and oxygen atoms in total. The quantitative estimate of drug-likeness (QED) is 0.429. The van der Waals surface area contributed by atoms with Crippen molar-refractivity contribution < 1.29 is 24.2 Å². The van der Waals surface area contributed by atoms with E-state index in [1.165, 1.54) is 0 Å². The first kappa shape index (κ1) is 26.6. The van der Waals surface area contributed by atoms with Gasteiger partial charge in [0.15, 0.2) is 0 Å². The van der Waals surface area contributed by atoms with E-state index in [1.807, 2.05) is 58.0 Å². The number of benzene rings is 1. The molecule has 0 saturated carbocycles. The van der Waals surface area contributed by atoms with Crippen LogP contribution in [0.25, 0.3) is 0 Å². The fourth-order valence-corrected chi connectivity index (χ4v) is 6.78. The molecule has 3 saturated heterocycles. The maximum atomic E-state index is 14.2. The van der Waals surface area contributed by atoms with Gasteiger partial charge >= 0.3 is 0 Å². The maximum Gasteiger partial charge on any atom is 0.245 e. The van der Waals surface area contributed by atoms with Gasteiger partial charge in [0.05, 0.1) is 30.1 Å². The first-order chi connectivity index (χ1) is 17.1. The zero-order chi connectivity index (χ0) is 26.3. The number of carbonyl (C=O) groups is 3. The van der Waals surface area contributed by atoms with E-state index in [-0.39, 0.29) is 36.2 Å². The number of para-hydroxylation sites is 1. The number of likely N-dealkylation sites (tertiary alicyclic amines) is 1. The van der Waals surface area contributed by atoms with Crippen LogP contribution in [-0.2, 0) is 19.1 Å². The minimum absolute atomic E-state index is 0.0324. The summed E-state index contributed by atoms with van der Waals surface area (Å²) < 4.78 is 6.73. The average molecular weight is 500 g/mol. The number of aliphatic hydroxyl groups is 1.